The van der Waals surface area contributed by atoms with E-state index < -0.39 is 0 Å². The average molecular weight is 273 g/mol. The molecule has 0 aliphatic rings. The Morgan fingerprint density at radius 2 is 1.80 bits per heavy atom. The summed E-state index contributed by atoms with van der Waals surface area (Å²) in [6.45, 7) is 3.79. The van der Waals surface area contributed by atoms with Crippen molar-refractivity contribution in [3.8, 4) is 5.75 Å². The molecule has 2 rings (SSSR count). The fraction of sp³-hybridized carbons (Fsp3) is 0.294. The normalized spacial score (nSPS) is 12.2. The Kier molecular flexibility index (Phi) is 4.40. The largest absolute Gasteiger partial charge is 0.497 e. The van der Waals surface area contributed by atoms with Gasteiger partial charge in [-0.15, -0.1) is 0 Å². The summed E-state index contributed by atoms with van der Waals surface area (Å²) in [6, 6.07) is 10.9. The van der Waals surface area contributed by atoms with Gasteiger partial charge < -0.3 is 10.5 Å². The Morgan fingerprint density at radius 1 is 1.15 bits per heavy atom. The molecular weight excluding hydrogens is 253 g/mol. The van der Waals surface area contributed by atoms with E-state index in [2.05, 4.69) is 0 Å². The van der Waals surface area contributed by atoms with Gasteiger partial charge in [0.25, 0.3) is 0 Å². The first-order valence-corrected chi connectivity index (χ1v) is 6.66. The minimum atomic E-state index is -0.344. The maximum atomic E-state index is 14.1. The number of rotatable bonds is 4. The molecule has 2 N–H and O–H groups in total. The summed E-state index contributed by atoms with van der Waals surface area (Å²) >= 11 is 0. The van der Waals surface area contributed by atoms with Crippen molar-refractivity contribution in [3.63, 3.8) is 0 Å². The molecule has 0 radical (unpaired) electrons. The van der Waals surface area contributed by atoms with Gasteiger partial charge in [-0.3, -0.25) is 0 Å². The third-order valence-electron chi connectivity index (χ3n) is 3.47. The van der Waals surface area contributed by atoms with Gasteiger partial charge in [-0.2, -0.15) is 0 Å². The summed E-state index contributed by atoms with van der Waals surface area (Å²) in [5.41, 5.74) is 9.67. The van der Waals surface area contributed by atoms with Crippen LogP contribution in [0.3, 0.4) is 0 Å². The monoisotopic (exact) mass is 273 g/mol. The van der Waals surface area contributed by atoms with Gasteiger partial charge in [-0.25, -0.2) is 4.39 Å². The van der Waals surface area contributed by atoms with E-state index >= 15 is 0 Å². The first-order valence-electron chi connectivity index (χ1n) is 6.66. The number of ether oxygens (including phenoxy) is 1. The van der Waals surface area contributed by atoms with E-state index in [1.54, 1.807) is 7.11 Å². The van der Waals surface area contributed by atoms with Gasteiger partial charge in [-0.1, -0.05) is 18.2 Å². The van der Waals surface area contributed by atoms with E-state index in [0.29, 0.717) is 12.0 Å². The highest BCUT2D eigenvalue weighted by Crippen LogP contribution is 2.24. The molecule has 1 atom stereocenters. The van der Waals surface area contributed by atoms with Crippen LogP contribution < -0.4 is 10.5 Å². The molecule has 2 aromatic carbocycles. The topological polar surface area (TPSA) is 35.2 Å². The Bertz CT molecular complexity index is 569. The van der Waals surface area contributed by atoms with Crippen LogP contribution in [0.15, 0.2) is 36.4 Å². The average Bonchev–Trinajstić information content (AvgIpc) is 2.38. The molecule has 106 valence electrons. The molecule has 2 aromatic rings. The molecule has 0 fully saturated rings. The third kappa shape index (κ3) is 3.17. The van der Waals surface area contributed by atoms with Crippen molar-refractivity contribution < 1.29 is 9.13 Å². The quantitative estimate of drug-likeness (QED) is 0.922. The Balaban J connectivity index is 2.21. The molecule has 0 saturated carbocycles. The van der Waals surface area contributed by atoms with E-state index in [-0.39, 0.29) is 11.9 Å². The van der Waals surface area contributed by atoms with Crippen molar-refractivity contribution >= 4 is 0 Å². The van der Waals surface area contributed by atoms with E-state index in [9.17, 15) is 4.39 Å². The van der Waals surface area contributed by atoms with E-state index in [1.165, 1.54) is 6.07 Å². The standard InChI is InChI=1S/C17H20FNO/c1-11-8-12(2)17(15(18)9-11)16(19)10-13-4-6-14(20-3)7-5-13/h4-9,16H,10,19H2,1-3H3. The van der Waals surface area contributed by atoms with Gasteiger partial charge in [0.05, 0.1) is 7.11 Å². The van der Waals surface area contributed by atoms with Crippen LogP contribution in [0.25, 0.3) is 0 Å². The van der Waals surface area contributed by atoms with Crippen molar-refractivity contribution in [2.75, 3.05) is 7.11 Å². The minimum absolute atomic E-state index is 0.219. The van der Waals surface area contributed by atoms with E-state index in [4.69, 9.17) is 10.5 Å². The number of hydrogen-bond donors (Lipinski definition) is 1. The summed E-state index contributed by atoms with van der Waals surface area (Å²) in [5, 5.41) is 0. The zero-order chi connectivity index (χ0) is 14.7. The van der Waals surface area contributed by atoms with Gasteiger partial charge >= 0.3 is 0 Å². The predicted octanol–water partition coefficient (Wildman–Crippen LogP) is 3.69. The highest BCUT2D eigenvalue weighted by Gasteiger charge is 2.15. The van der Waals surface area contributed by atoms with Crippen LogP contribution in [-0.4, -0.2) is 7.11 Å². The van der Waals surface area contributed by atoms with Crippen molar-refractivity contribution in [2.45, 2.75) is 26.3 Å². The molecule has 2 nitrogen and oxygen atoms in total. The lowest BCUT2D eigenvalue weighted by Gasteiger charge is -2.17. The SMILES string of the molecule is COc1ccc(CC(N)c2c(C)cc(C)cc2F)cc1. The zero-order valence-electron chi connectivity index (χ0n) is 12.1. The van der Waals surface area contributed by atoms with Crippen LogP contribution in [0.1, 0.15) is 28.3 Å². The van der Waals surface area contributed by atoms with Crippen LogP contribution in [0.4, 0.5) is 4.39 Å². The van der Waals surface area contributed by atoms with Gasteiger partial charge in [0.2, 0.25) is 0 Å². The Labute approximate surface area is 119 Å². The smallest absolute Gasteiger partial charge is 0.128 e. The maximum absolute atomic E-state index is 14.1. The summed E-state index contributed by atoms with van der Waals surface area (Å²) in [4.78, 5) is 0. The number of benzene rings is 2. The summed E-state index contributed by atoms with van der Waals surface area (Å²) in [7, 11) is 1.63. The highest BCUT2D eigenvalue weighted by molar-refractivity contribution is 5.36. The van der Waals surface area contributed by atoms with Gasteiger partial charge in [0.1, 0.15) is 11.6 Å². The second-order valence-corrected chi connectivity index (χ2v) is 5.14. The molecular formula is C17H20FNO. The summed E-state index contributed by atoms with van der Waals surface area (Å²) in [6.07, 6.45) is 0.602. The molecule has 0 spiro atoms. The van der Waals surface area contributed by atoms with Gasteiger partial charge in [0.15, 0.2) is 0 Å². The first-order chi connectivity index (χ1) is 9.51. The molecule has 0 aliphatic heterocycles. The van der Waals surface area contributed by atoms with E-state index in [0.717, 1.165) is 22.4 Å². The molecule has 0 heterocycles. The van der Waals surface area contributed by atoms with Gasteiger partial charge in [-0.05, 0) is 55.2 Å². The van der Waals surface area contributed by atoms with Crippen LogP contribution in [-0.2, 0) is 6.42 Å². The molecule has 0 saturated heterocycles. The lowest BCUT2D eigenvalue weighted by Crippen LogP contribution is -2.16. The van der Waals surface area contributed by atoms with Crippen molar-refractivity contribution in [3.05, 3.63) is 64.5 Å². The molecule has 0 amide bonds. The second-order valence-electron chi connectivity index (χ2n) is 5.14. The molecule has 0 aromatic heterocycles. The molecule has 1 unspecified atom stereocenters. The van der Waals surface area contributed by atoms with Crippen molar-refractivity contribution in [1.82, 2.24) is 0 Å². The molecule has 0 aliphatic carbocycles. The highest BCUT2D eigenvalue weighted by atomic mass is 19.1. The van der Waals surface area contributed by atoms with Gasteiger partial charge in [0, 0.05) is 11.6 Å². The van der Waals surface area contributed by atoms with E-state index in [1.807, 2.05) is 44.2 Å². The minimum Gasteiger partial charge on any atom is -0.497 e. The zero-order valence-corrected chi connectivity index (χ0v) is 12.1. The second kappa shape index (κ2) is 6.06. The lowest BCUT2D eigenvalue weighted by atomic mass is 9.94. The van der Waals surface area contributed by atoms with Crippen LogP contribution in [0.5, 0.6) is 5.75 Å². The fourth-order valence-corrected chi connectivity index (χ4v) is 2.51. The summed E-state index contributed by atoms with van der Waals surface area (Å²) < 4.78 is 19.2. The summed E-state index contributed by atoms with van der Waals surface area (Å²) in [5.74, 6) is 0.587. The number of aryl methyl sites for hydroxylation is 2. The molecule has 0 bridgehead atoms. The van der Waals surface area contributed by atoms with Crippen molar-refractivity contribution in [1.29, 1.82) is 0 Å². The fourth-order valence-electron chi connectivity index (χ4n) is 2.51. The predicted molar refractivity (Wildman–Crippen MR) is 79.5 cm³/mol. The molecule has 20 heavy (non-hydrogen) atoms. The Morgan fingerprint density at radius 3 is 2.35 bits per heavy atom. The lowest BCUT2D eigenvalue weighted by molar-refractivity contribution is 0.414. The first kappa shape index (κ1) is 14.5. The number of hydrogen-bond acceptors (Lipinski definition) is 2. The number of halogens is 1. The maximum Gasteiger partial charge on any atom is 0.128 e. The third-order valence-corrected chi connectivity index (χ3v) is 3.47. The number of nitrogens with two attached hydrogens (primary N) is 1. The van der Waals surface area contributed by atoms with Crippen molar-refractivity contribution in [2.24, 2.45) is 5.73 Å². The molecule has 3 heteroatoms. The van der Waals surface area contributed by atoms with Crippen LogP contribution in [0.2, 0.25) is 0 Å². The van der Waals surface area contributed by atoms with Crippen LogP contribution >= 0.6 is 0 Å². The Hall–Kier alpha value is -1.87. The number of methoxy groups -OCH3 is 1. The van der Waals surface area contributed by atoms with Crippen LogP contribution in [0, 0.1) is 19.7 Å².